The van der Waals surface area contributed by atoms with Crippen LogP contribution in [0.3, 0.4) is 0 Å². The van der Waals surface area contributed by atoms with Gasteiger partial charge in [0.05, 0.1) is 12.4 Å². The lowest BCUT2D eigenvalue weighted by atomic mass is 9.79. The maximum Gasteiger partial charge on any atom is 0.108 e. The molecule has 3 rings (SSSR count). The van der Waals surface area contributed by atoms with Crippen LogP contribution in [-0.2, 0) is 0 Å². The van der Waals surface area contributed by atoms with Crippen LogP contribution < -0.4 is 5.32 Å². The molecule has 2 aliphatic rings. The number of imidazole rings is 1. The van der Waals surface area contributed by atoms with E-state index >= 15 is 0 Å². The second kappa shape index (κ2) is 4.15. The Labute approximate surface area is 102 Å². The molecule has 2 atom stereocenters. The number of nitrogens with one attached hydrogen (secondary N) is 1. The fourth-order valence-corrected chi connectivity index (χ4v) is 2.87. The summed E-state index contributed by atoms with van der Waals surface area (Å²) in [7, 11) is 0. The molecule has 0 amide bonds. The molecule has 1 heterocycles. The van der Waals surface area contributed by atoms with E-state index in [2.05, 4.69) is 20.9 Å². The molecule has 2 fully saturated rings. The smallest absolute Gasteiger partial charge is 0.108 e. The van der Waals surface area contributed by atoms with E-state index in [1.807, 2.05) is 18.7 Å². The zero-order chi connectivity index (χ0) is 11.7. The Kier molecular flexibility index (Phi) is 2.64. The third-order valence-corrected chi connectivity index (χ3v) is 3.94. The van der Waals surface area contributed by atoms with Gasteiger partial charge in [0.2, 0.25) is 0 Å². The predicted molar refractivity (Wildman–Crippen MR) is 64.2 cm³/mol. The van der Waals surface area contributed by atoms with Gasteiger partial charge in [-0.05, 0) is 38.5 Å². The topological polar surface area (TPSA) is 53.6 Å². The fraction of sp³-hybridized carbons (Fsp3) is 0.692. The van der Waals surface area contributed by atoms with Gasteiger partial charge in [0, 0.05) is 24.5 Å². The lowest BCUT2D eigenvalue weighted by Gasteiger charge is -2.37. The molecule has 1 aromatic rings. The van der Waals surface area contributed by atoms with Crippen LogP contribution in [0, 0.1) is 11.3 Å². The van der Waals surface area contributed by atoms with Crippen molar-refractivity contribution in [2.24, 2.45) is 0 Å². The number of aromatic nitrogens is 2. The van der Waals surface area contributed by atoms with Gasteiger partial charge < -0.3 is 4.57 Å². The van der Waals surface area contributed by atoms with Gasteiger partial charge in [-0.2, -0.15) is 5.26 Å². The molecule has 0 aromatic carbocycles. The van der Waals surface area contributed by atoms with Crippen LogP contribution in [0.4, 0.5) is 0 Å². The molecule has 1 N–H and O–H groups in total. The van der Waals surface area contributed by atoms with Crippen molar-refractivity contribution in [1.29, 1.82) is 5.26 Å². The van der Waals surface area contributed by atoms with Crippen molar-refractivity contribution < 1.29 is 0 Å². The molecule has 0 saturated heterocycles. The molecule has 90 valence electrons. The van der Waals surface area contributed by atoms with Crippen molar-refractivity contribution in [2.75, 3.05) is 0 Å². The first-order valence-electron chi connectivity index (χ1n) is 6.48. The predicted octanol–water partition coefficient (Wildman–Crippen LogP) is 2.01. The molecular formula is C13H18N4. The highest BCUT2D eigenvalue weighted by atomic mass is 15.1. The minimum atomic E-state index is -0.297. The van der Waals surface area contributed by atoms with Gasteiger partial charge in [-0.1, -0.05) is 0 Å². The molecule has 17 heavy (non-hydrogen) atoms. The van der Waals surface area contributed by atoms with Crippen LogP contribution >= 0.6 is 0 Å². The Balaban J connectivity index is 1.75. The molecule has 0 bridgehead atoms. The minimum absolute atomic E-state index is 0.297. The SMILES string of the molecule is N#CC1(NC2CC2)CCCC(n2ccnc2)C1. The minimum Gasteiger partial charge on any atom is -0.334 e. The number of hydrogen-bond acceptors (Lipinski definition) is 3. The lowest BCUT2D eigenvalue weighted by Crippen LogP contribution is -2.48. The Morgan fingerprint density at radius 1 is 1.41 bits per heavy atom. The van der Waals surface area contributed by atoms with Gasteiger partial charge in [-0.3, -0.25) is 5.32 Å². The standard InChI is InChI=1S/C13H18N4/c14-9-13(16-11-3-4-11)5-1-2-12(8-13)17-7-6-15-10-17/h6-7,10-12,16H,1-5,8H2. The largest absolute Gasteiger partial charge is 0.334 e. The van der Waals surface area contributed by atoms with Gasteiger partial charge in [-0.15, -0.1) is 0 Å². The van der Waals surface area contributed by atoms with Crippen molar-refractivity contribution in [2.45, 2.75) is 56.1 Å². The zero-order valence-corrected chi connectivity index (χ0v) is 9.97. The number of rotatable bonds is 3. The molecule has 0 aliphatic heterocycles. The van der Waals surface area contributed by atoms with Crippen molar-refractivity contribution in [3.63, 3.8) is 0 Å². The van der Waals surface area contributed by atoms with Gasteiger partial charge in [0.1, 0.15) is 5.54 Å². The Bertz CT molecular complexity index is 415. The van der Waals surface area contributed by atoms with E-state index in [1.54, 1.807) is 0 Å². The summed E-state index contributed by atoms with van der Waals surface area (Å²) in [4.78, 5) is 4.10. The second-order valence-corrected chi connectivity index (χ2v) is 5.37. The van der Waals surface area contributed by atoms with Crippen LogP contribution in [-0.4, -0.2) is 21.1 Å². The summed E-state index contributed by atoms with van der Waals surface area (Å²) >= 11 is 0. The third kappa shape index (κ3) is 2.20. The zero-order valence-electron chi connectivity index (χ0n) is 9.97. The van der Waals surface area contributed by atoms with E-state index in [9.17, 15) is 5.26 Å². The highest BCUT2D eigenvalue weighted by Crippen LogP contribution is 2.37. The van der Waals surface area contributed by atoms with Crippen molar-refractivity contribution >= 4 is 0 Å². The Hall–Kier alpha value is -1.34. The second-order valence-electron chi connectivity index (χ2n) is 5.37. The molecule has 4 nitrogen and oxygen atoms in total. The maximum absolute atomic E-state index is 9.50. The average Bonchev–Trinajstić information content (AvgIpc) is 2.99. The molecule has 0 radical (unpaired) electrons. The van der Waals surface area contributed by atoms with Crippen molar-refractivity contribution in [1.82, 2.24) is 14.9 Å². The summed E-state index contributed by atoms with van der Waals surface area (Å²) in [5, 5.41) is 13.0. The Morgan fingerprint density at radius 3 is 2.94 bits per heavy atom. The first-order valence-corrected chi connectivity index (χ1v) is 6.48. The van der Waals surface area contributed by atoms with Crippen molar-refractivity contribution in [3.05, 3.63) is 18.7 Å². The van der Waals surface area contributed by atoms with E-state index in [-0.39, 0.29) is 5.54 Å². The first-order chi connectivity index (χ1) is 8.31. The average molecular weight is 230 g/mol. The molecule has 0 spiro atoms. The van der Waals surface area contributed by atoms with Crippen LogP contribution in [0.25, 0.3) is 0 Å². The van der Waals surface area contributed by atoms with E-state index in [0.717, 1.165) is 25.7 Å². The Morgan fingerprint density at radius 2 is 2.29 bits per heavy atom. The molecular weight excluding hydrogens is 212 g/mol. The monoisotopic (exact) mass is 230 g/mol. The summed E-state index contributed by atoms with van der Waals surface area (Å²) in [5.41, 5.74) is -0.297. The van der Waals surface area contributed by atoms with Gasteiger partial charge in [-0.25, -0.2) is 4.98 Å². The number of nitrogens with zero attached hydrogens (tertiary/aromatic N) is 3. The fourth-order valence-electron chi connectivity index (χ4n) is 2.87. The molecule has 1 aromatic heterocycles. The van der Waals surface area contributed by atoms with E-state index < -0.39 is 0 Å². The van der Waals surface area contributed by atoms with Crippen LogP contribution in [0.1, 0.15) is 44.6 Å². The summed E-state index contributed by atoms with van der Waals surface area (Å²) in [5.74, 6) is 0. The number of nitriles is 1. The highest BCUT2D eigenvalue weighted by Gasteiger charge is 2.40. The van der Waals surface area contributed by atoms with E-state index in [1.165, 1.54) is 12.8 Å². The normalized spacial score (nSPS) is 33.2. The van der Waals surface area contributed by atoms with E-state index in [4.69, 9.17) is 0 Å². The summed E-state index contributed by atoms with van der Waals surface area (Å²) in [6.07, 6.45) is 12.4. The van der Waals surface area contributed by atoms with E-state index in [0.29, 0.717) is 12.1 Å². The van der Waals surface area contributed by atoms with Crippen LogP contribution in [0.15, 0.2) is 18.7 Å². The molecule has 4 heteroatoms. The summed E-state index contributed by atoms with van der Waals surface area (Å²) in [6.45, 7) is 0. The van der Waals surface area contributed by atoms with Gasteiger partial charge in [0.15, 0.2) is 0 Å². The van der Waals surface area contributed by atoms with Gasteiger partial charge >= 0.3 is 0 Å². The van der Waals surface area contributed by atoms with Crippen LogP contribution in [0.5, 0.6) is 0 Å². The third-order valence-electron chi connectivity index (χ3n) is 3.94. The quantitative estimate of drug-likeness (QED) is 0.864. The lowest BCUT2D eigenvalue weighted by molar-refractivity contribution is 0.228. The summed E-state index contributed by atoms with van der Waals surface area (Å²) < 4.78 is 2.15. The van der Waals surface area contributed by atoms with Crippen molar-refractivity contribution in [3.8, 4) is 6.07 Å². The highest BCUT2D eigenvalue weighted by molar-refractivity contribution is 5.13. The molecule has 2 unspecified atom stereocenters. The number of hydrogen-bond donors (Lipinski definition) is 1. The van der Waals surface area contributed by atoms with Crippen LogP contribution in [0.2, 0.25) is 0 Å². The maximum atomic E-state index is 9.50. The molecule has 2 aliphatic carbocycles. The molecule has 2 saturated carbocycles. The first kappa shape index (κ1) is 10.8. The van der Waals surface area contributed by atoms with Gasteiger partial charge in [0.25, 0.3) is 0 Å². The summed E-state index contributed by atoms with van der Waals surface area (Å²) in [6, 6.07) is 3.56.